The molecule has 2 aromatic carbocycles. The average molecular weight is 329 g/mol. The van der Waals surface area contributed by atoms with Gasteiger partial charge in [-0.2, -0.15) is 0 Å². The molecule has 0 unspecified atom stereocenters. The fraction of sp³-hybridized carbons (Fsp3) is 0.105. The number of ether oxygens (including phenoxy) is 2. The van der Waals surface area contributed by atoms with E-state index in [1.807, 2.05) is 12.1 Å². The van der Waals surface area contributed by atoms with Gasteiger partial charge >= 0.3 is 0 Å². The Balaban J connectivity index is 2.14. The second-order valence-corrected chi connectivity index (χ2v) is 5.15. The summed E-state index contributed by atoms with van der Waals surface area (Å²) in [5.74, 6) is 1.15. The van der Waals surface area contributed by atoms with Gasteiger partial charge in [-0.1, -0.05) is 36.4 Å². The number of carbonyl (C=O) groups excluding carboxylic acids is 1. The Kier molecular flexibility index (Phi) is 6.01. The Labute approximate surface area is 140 Å². The van der Waals surface area contributed by atoms with Crippen LogP contribution in [0.3, 0.4) is 0 Å². The van der Waals surface area contributed by atoms with Gasteiger partial charge < -0.3 is 9.47 Å². The first-order chi connectivity index (χ1) is 11.1. The van der Waals surface area contributed by atoms with Crippen molar-refractivity contribution in [3.63, 3.8) is 0 Å². The van der Waals surface area contributed by atoms with Crippen LogP contribution in [0.5, 0.6) is 11.5 Å². The minimum Gasteiger partial charge on any atom is -0.493 e. The highest BCUT2D eigenvalue weighted by molar-refractivity contribution is 6.30. The van der Waals surface area contributed by atoms with Gasteiger partial charge in [0.05, 0.1) is 7.11 Å². The van der Waals surface area contributed by atoms with Gasteiger partial charge in [0, 0.05) is 10.6 Å². The minimum atomic E-state index is -0.0902. The number of benzene rings is 2. The number of methoxy groups -OCH3 is 1. The quantitative estimate of drug-likeness (QED) is 0.415. The summed E-state index contributed by atoms with van der Waals surface area (Å²) < 4.78 is 10.8. The standard InChI is InChI=1S/C19H17ClO3/c1-3-12-23-18-11-5-14(13-19(18)22-2)4-10-17(21)15-6-8-16(20)9-7-15/h3-11,13H,1,12H2,2H3. The van der Waals surface area contributed by atoms with Crippen molar-refractivity contribution >= 4 is 23.5 Å². The molecule has 0 heterocycles. The molecule has 3 nitrogen and oxygen atoms in total. The summed E-state index contributed by atoms with van der Waals surface area (Å²) in [5, 5.41) is 0.602. The zero-order valence-corrected chi connectivity index (χ0v) is 13.5. The van der Waals surface area contributed by atoms with E-state index in [1.165, 1.54) is 6.08 Å². The molecule has 0 aliphatic carbocycles. The number of ketones is 1. The second-order valence-electron chi connectivity index (χ2n) is 4.71. The van der Waals surface area contributed by atoms with Gasteiger partial charge in [-0.05, 0) is 48.0 Å². The van der Waals surface area contributed by atoms with E-state index in [0.29, 0.717) is 28.7 Å². The van der Waals surface area contributed by atoms with Gasteiger partial charge in [0.2, 0.25) is 0 Å². The molecule has 23 heavy (non-hydrogen) atoms. The van der Waals surface area contributed by atoms with Gasteiger partial charge in [0.15, 0.2) is 17.3 Å². The van der Waals surface area contributed by atoms with E-state index in [9.17, 15) is 4.79 Å². The molecule has 0 saturated carbocycles. The van der Waals surface area contributed by atoms with Gasteiger partial charge in [0.25, 0.3) is 0 Å². The summed E-state index contributed by atoms with van der Waals surface area (Å²) in [4.78, 5) is 12.1. The lowest BCUT2D eigenvalue weighted by Gasteiger charge is -2.09. The van der Waals surface area contributed by atoms with Crippen LogP contribution in [0.1, 0.15) is 15.9 Å². The van der Waals surface area contributed by atoms with Crippen molar-refractivity contribution in [3.8, 4) is 11.5 Å². The van der Waals surface area contributed by atoms with Crippen molar-refractivity contribution in [2.45, 2.75) is 0 Å². The van der Waals surface area contributed by atoms with Crippen molar-refractivity contribution < 1.29 is 14.3 Å². The maximum atomic E-state index is 12.1. The third-order valence-corrected chi connectivity index (χ3v) is 3.35. The van der Waals surface area contributed by atoms with Crippen LogP contribution >= 0.6 is 11.6 Å². The molecule has 2 rings (SSSR count). The zero-order valence-electron chi connectivity index (χ0n) is 12.8. The zero-order chi connectivity index (χ0) is 16.7. The van der Waals surface area contributed by atoms with E-state index in [2.05, 4.69) is 6.58 Å². The summed E-state index contributed by atoms with van der Waals surface area (Å²) in [7, 11) is 1.57. The summed E-state index contributed by atoms with van der Waals surface area (Å²) in [6.45, 7) is 4.01. The Morgan fingerprint density at radius 3 is 2.57 bits per heavy atom. The largest absolute Gasteiger partial charge is 0.493 e. The molecular weight excluding hydrogens is 312 g/mol. The van der Waals surface area contributed by atoms with Crippen LogP contribution in [-0.4, -0.2) is 19.5 Å². The predicted octanol–water partition coefficient (Wildman–Crippen LogP) is 4.81. The lowest BCUT2D eigenvalue weighted by atomic mass is 10.1. The molecule has 118 valence electrons. The van der Waals surface area contributed by atoms with Crippen molar-refractivity contribution in [2.24, 2.45) is 0 Å². The van der Waals surface area contributed by atoms with Crippen LogP contribution in [-0.2, 0) is 0 Å². The molecule has 0 aliphatic heterocycles. The maximum absolute atomic E-state index is 12.1. The third-order valence-electron chi connectivity index (χ3n) is 3.10. The average Bonchev–Trinajstić information content (AvgIpc) is 2.58. The first-order valence-corrected chi connectivity index (χ1v) is 7.41. The van der Waals surface area contributed by atoms with Gasteiger partial charge in [-0.3, -0.25) is 4.79 Å². The van der Waals surface area contributed by atoms with Crippen LogP contribution in [0, 0.1) is 0 Å². The molecule has 4 heteroatoms. The van der Waals surface area contributed by atoms with Gasteiger partial charge in [-0.15, -0.1) is 0 Å². The van der Waals surface area contributed by atoms with Crippen LogP contribution in [0.25, 0.3) is 6.08 Å². The molecule has 0 bridgehead atoms. The topological polar surface area (TPSA) is 35.5 Å². The summed E-state index contributed by atoms with van der Waals surface area (Å²) in [6, 6.07) is 12.2. The van der Waals surface area contributed by atoms with E-state index in [4.69, 9.17) is 21.1 Å². The highest BCUT2D eigenvalue weighted by atomic mass is 35.5. The molecule has 0 amide bonds. The Hall–Kier alpha value is -2.52. The molecule has 0 spiro atoms. The number of hydrogen-bond donors (Lipinski definition) is 0. The van der Waals surface area contributed by atoms with Crippen LogP contribution in [0.4, 0.5) is 0 Å². The Morgan fingerprint density at radius 1 is 1.17 bits per heavy atom. The van der Waals surface area contributed by atoms with E-state index >= 15 is 0 Å². The smallest absolute Gasteiger partial charge is 0.185 e. The van der Waals surface area contributed by atoms with Crippen molar-refractivity contribution in [2.75, 3.05) is 13.7 Å². The predicted molar refractivity (Wildman–Crippen MR) is 93.5 cm³/mol. The monoisotopic (exact) mass is 328 g/mol. The van der Waals surface area contributed by atoms with Crippen LogP contribution < -0.4 is 9.47 Å². The fourth-order valence-electron chi connectivity index (χ4n) is 1.94. The molecule has 0 aromatic heterocycles. The van der Waals surface area contributed by atoms with E-state index < -0.39 is 0 Å². The summed E-state index contributed by atoms with van der Waals surface area (Å²) in [5.41, 5.74) is 1.43. The molecule has 0 N–H and O–H groups in total. The highest BCUT2D eigenvalue weighted by Crippen LogP contribution is 2.28. The SMILES string of the molecule is C=CCOc1ccc(C=CC(=O)c2ccc(Cl)cc2)cc1OC. The van der Waals surface area contributed by atoms with E-state index in [1.54, 1.807) is 49.6 Å². The number of allylic oxidation sites excluding steroid dienone is 1. The van der Waals surface area contributed by atoms with Gasteiger partial charge in [0.1, 0.15) is 6.61 Å². The molecule has 2 aromatic rings. The molecule has 0 radical (unpaired) electrons. The van der Waals surface area contributed by atoms with Crippen LogP contribution in [0.2, 0.25) is 5.02 Å². The van der Waals surface area contributed by atoms with Crippen molar-refractivity contribution in [1.29, 1.82) is 0 Å². The number of hydrogen-bond acceptors (Lipinski definition) is 3. The molecule has 0 fully saturated rings. The second kappa shape index (κ2) is 8.20. The first-order valence-electron chi connectivity index (χ1n) is 7.03. The number of carbonyl (C=O) groups is 1. The molecule has 0 aliphatic rings. The van der Waals surface area contributed by atoms with Crippen molar-refractivity contribution in [3.05, 3.63) is 77.3 Å². The van der Waals surface area contributed by atoms with Gasteiger partial charge in [-0.25, -0.2) is 0 Å². The first kappa shape index (κ1) is 16.8. The molecule has 0 saturated heterocycles. The minimum absolute atomic E-state index is 0.0902. The van der Waals surface area contributed by atoms with E-state index in [-0.39, 0.29) is 5.78 Å². The number of halogens is 1. The lowest BCUT2D eigenvalue weighted by molar-refractivity contribution is 0.104. The Bertz CT molecular complexity index is 718. The maximum Gasteiger partial charge on any atom is 0.185 e. The highest BCUT2D eigenvalue weighted by Gasteiger charge is 2.05. The molecule has 0 atom stereocenters. The fourth-order valence-corrected chi connectivity index (χ4v) is 2.06. The Morgan fingerprint density at radius 2 is 1.91 bits per heavy atom. The summed E-state index contributed by atoms with van der Waals surface area (Å²) in [6.07, 6.45) is 4.91. The normalized spacial score (nSPS) is 10.5. The van der Waals surface area contributed by atoms with Crippen LogP contribution in [0.15, 0.2) is 61.2 Å². The van der Waals surface area contributed by atoms with Crippen molar-refractivity contribution in [1.82, 2.24) is 0 Å². The number of rotatable bonds is 7. The summed E-state index contributed by atoms with van der Waals surface area (Å²) >= 11 is 5.81. The molecular formula is C19H17ClO3. The lowest BCUT2D eigenvalue weighted by Crippen LogP contribution is -1.96. The third kappa shape index (κ3) is 4.73. The van der Waals surface area contributed by atoms with E-state index in [0.717, 1.165) is 5.56 Å².